The Balaban J connectivity index is 1.81. The lowest BCUT2D eigenvalue weighted by Crippen LogP contribution is -2.53. The van der Waals surface area contributed by atoms with Crippen LogP contribution in [0.4, 0.5) is 5.69 Å². The van der Waals surface area contributed by atoms with Crippen LogP contribution in [0.1, 0.15) is 76.3 Å². The summed E-state index contributed by atoms with van der Waals surface area (Å²) >= 11 is 6.05. The number of carbonyl (C=O) groups excluding carboxylic acids is 1. The fourth-order valence-electron chi connectivity index (χ4n) is 5.00. The molecule has 1 aromatic rings. The van der Waals surface area contributed by atoms with E-state index in [-0.39, 0.29) is 5.91 Å². The number of rotatable bonds is 4. The molecule has 1 heterocycles. The number of thiocarbonyl (C=S) groups is 1. The number of nitrogens with zero attached hydrogens (tertiary/aromatic N) is 2. The average molecular weight is 416 g/mol. The van der Waals surface area contributed by atoms with Gasteiger partial charge in [0.25, 0.3) is 0 Å². The first kappa shape index (κ1) is 22.1. The maximum atomic E-state index is 11.8. The third kappa shape index (κ3) is 5.50. The molecule has 5 heteroatoms. The second-order valence-corrected chi connectivity index (χ2v) is 9.07. The van der Waals surface area contributed by atoms with Crippen molar-refractivity contribution in [3.05, 3.63) is 29.3 Å². The predicted octanol–water partition coefficient (Wildman–Crippen LogP) is 5.29. The van der Waals surface area contributed by atoms with Gasteiger partial charge in [-0.15, -0.1) is 0 Å². The molecule has 0 atom stereocenters. The number of para-hydroxylation sites is 1. The second-order valence-electron chi connectivity index (χ2n) is 8.68. The first-order valence-electron chi connectivity index (χ1n) is 11.4. The number of benzene rings is 1. The summed E-state index contributed by atoms with van der Waals surface area (Å²) in [7, 11) is 0. The van der Waals surface area contributed by atoms with Gasteiger partial charge in [0.2, 0.25) is 5.91 Å². The average Bonchev–Trinajstić information content (AvgIpc) is 2.99. The van der Waals surface area contributed by atoms with E-state index in [0.717, 1.165) is 37.5 Å². The van der Waals surface area contributed by atoms with Gasteiger partial charge in [0, 0.05) is 37.8 Å². The summed E-state index contributed by atoms with van der Waals surface area (Å²) in [6.45, 7) is 7.72. The van der Waals surface area contributed by atoms with Gasteiger partial charge in [0.15, 0.2) is 5.11 Å². The zero-order chi connectivity index (χ0) is 20.8. The lowest BCUT2D eigenvalue weighted by molar-refractivity contribution is -0.130. The fraction of sp³-hybridized carbons (Fsp3) is 0.667. The Morgan fingerprint density at radius 3 is 2.31 bits per heavy atom. The highest BCUT2D eigenvalue weighted by Crippen LogP contribution is 2.29. The predicted molar refractivity (Wildman–Crippen MR) is 125 cm³/mol. The van der Waals surface area contributed by atoms with E-state index in [4.69, 9.17) is 12.2 Å². The first-order chi connectivity index (χ1) is 14.0. The van der Waals surface area contributed by atoms with Crippen LogP contribution < -0.4 is 5.32 Å². The Labute approximate surface area is 182 Å². The molecule has 1 aliphatic heterocycles. The lowest BCUT2D eigenvalue weighted by atomic mass is 9.98. The van der Waals surface area contributed by atoms with E-state index < -0.39 is 0 Å². The standard InChI is InChI=1S/C24H37N3OS/c1-4-20-11-9-10-18(2)23(20)25-24(29)27(21-12-7-5-6-8-13-21)22-14-16-26(17-15-22)19(3)28/h9-11,21-22H,4-8,12-17H2,1-3H3,(H,25,29). The van der Waals surface area contributed by atoms with E-state index in [9.17, 15) is 4.79 Å². The number of carbonyl (C=O) groups is 1. The zero-order valence-corrected chi connectivity index (χ0v) is 19.2. The summed E-state index contributed by atoms with van der Waals surface area (Å²) in [5, 5.41) is 4.53. The van der Waals surface area contributed by atoms with Crippen LogP contribution in [0.5, 0.6) is 0 Å². The molecule has 3 rings (SSSR count). The van der Waals surface area contributed by atoms with Gasteiger partial charge >= 0.3 is 0 Å². The Hall–Kier alpha value is -1.62. The van der Waals surface area contributed by atoms with Crippen LogP contribution in [-0.2, 0) is 11.2 Å². The number of hydrogen-bond acceptors (Lipinski definition) is 2. The van der Waals surface area contributed by atoms with Crippen LogP contribution in [0.2, 0.25) is 0 Å². The summed E-state index contributed by atoms with van der Waals surface area (Å²) in [6.07, 6.45) is 10.7. The van der Waals surface area contributed by atoms with Crippen molar-refractivity contribution in [1.29, 1.82) is 0 Å². The Kier molecular flexibility index (Phi) is 7.93. The normalized spacial score (nSPS) is 18.9. The maximum absolute atomic E-state index is 11.8. The van der Waals surface area contributed by atoms with Crippen molar-refractivity contribution in [2.45, 2.75) is 90.6 Å². The fourth-order valence-corrected chi connectivity index (χ4v) is 5.40. The van der Waals surface area contributed by atoms with Gasteiger partial charge in [0.1, 0.15) is 0 Å². The molecule has 0 unspecified atom stereocenters. The zero-order valence-electron chi connectivity index (χ0n) is 18.4. The smallest absolute Gasteiger partial charge is 0.219 e. The molecule has 1 saturated heterocycles. The van der Waals surface area contributed by atoms with Crippen molar-refractivity contribution >= 4 is 28.9 Å². The molecule has 4 nitrogen and oxygen atoms in total. The van der Waals surface area contributed by atoms with E-state index in [1.165, 1.54) is 55.3 Å². The molecule has 1 N–H and O–H groups in total. The molecular weight excluding hydrogens is 378 g/mol. The Morgan fingerprint density at radius 1 is 1.10 bits per heavy atom. The highest BCUT2D eigenvalue weighted by Gasteiger charge is 2.32. The Bertz CT molecular complexity index is 704. The summed E-state index contributed by atoms with van der Waals surface area (Å²) in [5.74, 6) is 0.192. The van der Waals surface area contributed by atoms with Gasteiger partial charge < -0.3 is 15.1 Å². The number of anilines is 1. The van der Waals surface area contributed by atoms with Gasteiger partial charge in [-0.05, 0) is 62.4 Å². The molecule has 1 saturated carbocycles. The lowest BCUT2D eigenvalue weighted by Gasteiger charge is -2.44. The van der Waals surface area contributed by atoms with E-state index >= 15 is 0 Å². The summed E-state index contributed by atoms with van der Waals surface area (Å²) in [4.78, 5) is 16.3. The van der Waals surface area contributed by atoms with Gasteiger partial charge in [0.05, 0.1) is 0 Å². The second kappa shape index (κ2) is 10.4. The molecule has 1 amide bonds. The summed E-state index contributed by atoms with van der Waals surface area (Å²) in [6, 6.07) is 7.41. The molecule has 0 bridgehead atoms. The molecule has 29 heavy (non-hydrogen) atoms. The number of nitrogens with one attached hydrogen (secondary N) is 1. The van der Waals surface area contributed by atoms with Crippen LogP contribution in [-0.4, -0.2) is 46.0 Å². The van der Waals surface area contributed by atoms with Crippen LogP contribution in [0.3, 0.4) is 0 Å². The summed E-state index contributed by atoms with van der Waals surface area (Å²) in [5.41, 5.74) is 3.75. The van der Waals surface area contributed by atoms with Crippen molar-refractivity contribution in [3.8, 4) is 0 Å². The molecular formula is C24H37N3OS. The quantitative estimate of drug-likeness (QED) is 0.535. The highest BCUT2D eigenvalue weighted by molar-refractivity contribution is 7.80. The van der Waals surface area contributed by atoms with Gasteiger partial charge in [-0.1, -0.05) is 50.8 Å². The van der Waals surface area contributed by atoms with Crippen LogP contribution in [0, 0.1) is 6.92 Å². The van der Waals surface area contributed by atoms with Crippen molar-refractivity contribution in [1.82, 2.24) is 9.80 Å². The first-order valence-corrected chi connectivity index (χ1v) is 11.9. The molecule has 160 valence electrons. The Morgan fingerprint density at radius 2 is 1.72 bits per heavy atom. The third-order valence-corrected chi connectivity index (χ3v) is 7.04. The minimum absolute atomic E-state index is 0.192. The minimum atomic E-state index is 0.192. The third-order valence-electron chi connectivity index (χ3n) is 6.73. The number of hydrogen-bond donors (Lipinski definition) is 1. The monoisotopic (exact) mass is 415 g/mol. The number of piperidine rings is 1. The molecule has 2 aliphatic rings. The van der Waals surface area contributed by atoms with E-state index in [2.05, 4.69) is 42.3 Å². The molecule has 1 aromatic carbocycles. The topological polar surface area (TPSA) is 35.6 Å². The van der Waals surface area contributed by atoms with E-state index in [1.807, 2.05) is 4.90 Å². The minimum Gasteiger partial charge on any atom is -0.343 e. The van der Waals surface area contributed by atoms with E-state index in [0.29, 0.717) is 12.1 Å². The largest absolute Gasteiger partial charge is 0.343 e. The summed E-state index contributed by atoms with van der Waals surface area (Å²) < 4.78 is 0. The van der Waals surface area contributed by atoms with Crippen LogP contribution >= 0.6 is 12.2 Å². The van der Waals surface area contributed by atoms with E-state index in [1.54, 1.807) is 6.92 Å². The van der Waals surface area contributed by atoms with Crippen molar-refractivity contribution in [3.63, 3.8) is 0 Å². The number of amides is 1. The maximum Gasteiger partial charge on any atom is 0.219 e. The number of likely N-dealkylation sites (tertiary alicyclic amines) is 1. The van der Waals surface area contributed by atoms with Crippen molar-refractivity contribution in [2.75, 3.05) is 18.4 Å². The molecule has 0 aromatic heterocycles. The van der Waals surface area contributed by atoms with Gasteiger partial charge in [-0.25, -0.2) is 0 Å². The molecule has 1 aliphatic carbocycles. The van der Waals surface area contributed by atoms with Crippen molar-refractivity contribution < 1.29 is 4.79 Å². The number of aryl methyl sites for hydroxylation is 2. The highest BCUT2D eigenvalue weighted by atomic mass is 32.1. The van der Waals surface area contributed by atoms with Crippen molar-refractivity contribution in [2.24, 2.45) is 0 Å². The molecule has 0 radical (unpaired) electrons. The SMILES string of the molecule is CCc1cccc(C)c1NC(=S)N(C1CCCCCC1)C1CCN(C(C)=O)CC1. The molecule has 2 fully saturated rings. The van der Waals surface area contributed by atoms with Gasteiger partial charge in [-0.3, -0.25) is 4.79 Å². The van der Waals surface area contributed by atoms with Crippen LogP contribution in [0.15, 0.2) is 18.2 Å². The van der Waals surface area contributed by atoms with Gasteiger partial charge in [-0.2, -0.15) is 0 Å². The molecule has 0 spiro atoms. The van der Waals surface area contributed by atoms with Crippen LogP contribution in [0.25, 0.3) is 0 Å².